The molecule has 4 heterocycles. The molecule has 3 saturated heterocycles. The predicted octanol–water partition coefficient (Wildman–Crippen LogP) is 8.62. The fraction of sp³-hybridized carbons (Fsp3) is 0.324. The average molecular weight is 528 g/mol. The zero-order valence-corrected chi connectivity index (χ0v) is 23.5. The SMILES string of the molecule is C=CCO[C@H](c1ccnc2ccccc12)[C@@H]1C[C@@H]2CC[N@@+]1(Cc1c3ccccc3cc3ccccc13)C[C@@H]2CC. The van der Waals surface area contributed by atoms with Gasteiger partial charge in [-0.15, -0.1) is 6.58 Å². The molecule has 0 amide bonds. The van der Waals surface area contributed by atoms with Crippen molar-refractivity contribution < 1.29 is 9.22 Å². The summed E-state index contributed by atoms with van der Waals surface area (Å²) in [5.74, 6) is 1.53. The number of pyridine rings is 1. The molecular weight excluding hydrogens is 488 g/mol. The number of para-hydroxylation sites is 1. The second kappa shape index (κ2) is 10.5. The highest BCUT2D eigenvalue weighted by Crippen LogP contribution is 2.50. The van der Waals surface area contributed by atoms with Gasteiger partial charge >= 0.3 is 0 Å². The molecule has 0 saturated carbocycles. The largest absolute Gasteiger partial charge is 0.363 e. The van der Waals surface area contributed by atoms with E-state index in [-0.39, 0.29) is 6.10 Å². The molecular formula is C37H39N2O+. The van der Waals surface area contributed by atoms with Crippen LogP contribution in [-0.2, 0) is 11.3 Å². The Labute approximate surface area is 237 Å². The number of quaternary nitrogens is 1. The van der Waals surface area contributed by atoms with E-state index in [4.69, 9.17) is 9.72 Å². The minimum Gasteiger partial charge on any atom is -0.363 e. The van der Waals surface area contributed by atoms with Gasteiger partial charge in [-0.1, -0.05) is 79.7 Å². The Kier molecular flexibility index (Phi) is 6.65. The van der Waals surface area contributed by atoms with Gasteiger partial charge < -0.3 is 9.22 Å². The Morgan fingerprint density at radius 3 is 2.38 bits per heavy atom. The fourth-order valence-corrected chi connectivity index (χ4v) is 8.18. The molecule has 202 valence electrons. The third-order valence-electron chi connectivity index (χ3n) is 10.1. The van der Waals surface area contributed by atoms with Crippen molar-refractivity contribution in [2.24, 2.45) is 11.8 Å². The van der Waals surface area contributed by atoms with E-state index in [1.54, 1.807) is 0 Å². The molecule has 0 aliphatic carbocycles. The van der Waals surface area contributed by atoms with Crippen molar-refractivity contribution in [3.05, 3.63) is 115 Å². The number of hydrogen-bond acceptors (Lipinski definition) is 2. The van der Waals surface area contributed by atoms with Gasteiger partial charge in [0.25, 0.3) is 0 Å². The summed E-state index contributed by atoms with van der Waals surface area (Å²) in [5, 5.41) is 6.67. The van der Waals surface area contributed by atoms with E-state index in [0.717, 1.165) is 28.4 Å². The first kappa shape index (κ1) is 25.4. The second-order valence-electron chi connectivity index (χ2n) is 12.1. The third-order valence-corrected chi connectivity index (χ3v) is 10.1. The standard InChI is InChI=1S/C37H39N2O/c1-3-21-40-37(33-17-19-38-35-16-10-9-15-32(33)35)36-23-27-18-20-39(36,24-26(27)4-2)25-34-30-13-7-5-11-28(30)22-29-12-6-8-14-31(29)34/h3,5-17,19,22,26-27,36-37H,1,4,18,20-21,23-25H2,2H3/q+1/t26-,27-,36-,37+,39-/m0/s1. The second-order valence-corrected chi connectivity index (χ2v) is 12.1. The molecule has 1 aromatic heterocycles. The van der Waals surface area contributed by atoms with Crippen LogP contribution in [0.4, 0.5) is 0 Å². The Hall–Kier alpha value is -3.53. The van der Waals surface area contributed by atoms with Crippen LogP contribution < -0.4 is 0 Å². The number of nitrogens with zero attached hydrogens (tertiary/aromatic N) is 2. The monoisotopic (exact) mass is 527 g/mol. The number of hydrogen-bond donors (Lipinski definition) is 0. The topological polar surface area (TPSA) is 22.1 Å². The van der Waals surface area contributed by atoms with Gasteiger partial charge in [0.15, 0.2) is 0 Å². The quantitative estimate of drug-likeness (QED) is 0.114. The lowest BCUT2D eigenvalue weighted by atomic mass is 9.70. The van der Waals surface area contributed by atoms with E-state index >= 15 is 0 Å². The van der Waals surface area contributed by atoms with Crippen LogP contribution in [0.25, 0.3) is 32.4 Å². The zero-order valence-electron chi connectivity index (χ0n) is 23.5. The molecule has 3 aliphatic rings. The van der Waals surface area contributed by atoms with Crippen LogP contribution in [0.1, 0.15) is 43.4 Å². The maximum Gasteiger partial charge on any atom is 0.135 e. The van der Waals surface area contributed by atoms with Crippen LogP contribution in [0.3, 0.4) is 0 Å². The van der Waals surface area contributed by atoms with Crippen LogP contribution in [0.5, 0.6) is 0 Å². The van der Waals surface area contributed by atoms with Crippen molar-refractivity contribution >= 4 is 32.4 Å². The van der Waals surface area contributed by atoms with Gasteiger partial charge in [-0.05, 0) is 57.6 Å². The summed E-state index contributed by atoms with van der Waals surface area (Å²) in [6, 6.07) is 31.5. The van der Waals surface area contributed by atoms with Gasteiger partial charge in [0.1, 0.15) is 18.7 Å². The number of ether oxygens (including phenoxy) is 1. The molecule has 0 unspecified atom stereocenters. The Morgan fingerprint density at radius 2 is 1.65 bits per heavy atom. The molecule has 8 rings (SSSR count). The molecule has 0 spiro atoms. The lowest BCUT2D eigenvalue weighted by Gasteiger charge is -2.59. The molecule has 3 fully saturated rings. The highest BCUT2D eigenvalue weighted by atomic mass is 16.5. The van der Waals surface area contributed by atoms with Gasteiger partial charge in [0.2, 0.25) is 0 Å². The summed E-state index contributed by atoms with van der Waals surface area (Å²) in [4.78, 5) is 4.70. The molecule has 0 radical (unpaired) electrons. The molecule has 40 heavy (non-hydrogen) atoms. The van der Waals surface area contributed by atoms with E-state index in [1.807, 2.05) is 12.3 Å². The van der Waals surface area contributed by atoms with Crippen molar-refractivity contribution in [3.63, 3.8) is 0 Å². The molecule has 5 aromatic rings. The van der Waals surface area contributed by atoms with Gasteiger partial charge in [0, 0.05) is 35.9 Å². The summed E-state index contributed by atoms with van der Waals surface area (Å²) >= 11 is 0. The van der Waals surface area contributed by atoms with Crippen LogP contribution in [0.15, 0.2) is 104 Å². The minimum absolute atomic E-state index is 0.00672. The molecule has 3 heteroatoms. The van der Waals surface area contributed by atoms with E-state index in [1.165, 1.54) is 70.4 Å². The van der Waals surface area contributed by atoms with Crippen LogP contribution in [-0.4, -0.2) is 35.2 Å². The average Bonchev–Trinajstić information content (AvgIpc) is 3.01. The van der Waals surface area contributed by atoms with Crippen LogP contribution in [0.2, 0.25) is 0 Å². The third kappa shape index (κ3) is 4.24. The maximum absolute atomic E-state index is 6.82. The minimum atomic E-state index is -0.00672. The molecule has 5 atom stereocenters. The number of benzene rings is 4. The van der Waals surface area contributed by atoms with Crippen molar-refractivity contribution in [1.82, 2.24) is 4.98 Å². The van der Waals surface area contributed by atoms with E-state index in [0.29, 0.717) is 12.6 Å². The first-order valence-electron chi connectivity index (χ1n) is 15.0. The summed E-state index contributed by atoms with van der Waals surface area (Å²) in [6.45, 7) is 10.4. The summed E-state index contributed by atoms with van der Waals surface area (Å²) < 4.78 is 7.91. The smallest absolute Gasteiger partial charge is 0.135 e. The molecule has 2 bridgehead atoms. The fourth-order valence-electron chi connectivity index (χ4n) is 8.18. The van der Waals surface area contributed by atoms with Gasteiger partial charge in [-0.2, -0.15) is 0 Å². The normalized spacial score (nSPS) is 25.0. The van der Waals surface area contributed by atoms with E-state index in [9.17, 15) is 0 Å². The maximum atomic E-state index is 6.82. The number of aromatic nitrogens is 1. The number of piperidine rings is 3. The Morgan fingerprint density at radius 1 is 0.950 bits per heavy atom. The molecule has 0 N–H and O–H groups in total. The Bertz CT molecular complexity index is 1630. The molecule has 3 nitrogen and oxygen atoms in total. The first-order valence-corrected chi connectivity index (χ1v) is 15.0. The van der Waals surface area contributed by atoms with Crippen molar-refractivity contribution in [1.29, 1.82) is 0 Å². The van der Waals surface area contributed by atoms with E-state index in [2.05, 4.69) is 98.4 Å². The number of rotatable bonds is 8. The highest BCUT2D eigenvalue weighted by Gasteiger charge is 2.55. The van der Waals surface area contributed by atoms with Crippen molar-refractivity contribution in [2.75, 3.05) is 19.7 Å². The van der Waals surface area contributed by atoms with Crippen LogP contribution >= 0.6 is 0 Å². The summed E-state index contributed by atoms with van der Waals surface area (Å²) in [5.41, 5.74) is 3.82. The molecule has 4 aromatic carbocycles. The molecule has 3 aliphatic heterocycles. The zero-order chi connectivity index (χ0) is 27.1. The Balaban J connectivity index is 1.41. The van der Waals surface area contributed by atoms with Gasteiger partial charge in [0.05, 0.1) is 25.2 Å². The highest BCUT2D eigenvalue weighted by molar-refractivity contribution is 6.02. The van der Waals surface area contributed by atoms with Crippen LogP contribution in [0, 0.1) is 11.8 Å². The first-order chi connectivity index (χ1) is 19.7. The summed E-state index contributed by atoms with van der Waals surface area (Å²) in [6.07, 6.45) is 7.64. The van der Waals surface area contributed by atoms with E-state index < -0.39 is 0 Å². The van der Waals surface area contributed by atoms with Gasteiger partial charge in [-0.3, -0.25) is 4.98 Å². The lowest BCUT2D eigenvalue weighted by molar-refractivity contribution is -0.985. The number of fused-ring (bicyclic) bond motifs is 6. The van der Waals surface area contributed by atoms with Crippen molar-refractivity contribution in [2.45, 2.75) is 44.9 Å². The van der Waals surface area contributed by atoms with Crippen molar-refractivity contribution in [3.8, 4) is 0 Å². The summed E-state index contributed by atoms with van der Waals surface area (Å²) in [7, 11) is 0. The van der Waals surface area contributed by atoms with Gasteiger partial charge in [-0.25, -0.2) is 0 Å². The lowest BCUT2D eigenvalue weighted by Crippen LogP contribution is -2.68. The predicted molar refractivity (Wildman–Crippen MR) is 166 cm³/mol.